The van der Waals surface area contributed by atoms with Gasteiger partial charge in [-0.25, -0.2) is 10.1 Å². The van der Waals surface area contributed by atoms with E-state index in [0.717, 1.165) is 25.8 Å². The van der Waals surface area contributed by atoms with Crippen molar-refractivity contribution in [2.45, 2.75) is 45.7 Å². The van der Waals surface area contributed by atoms with Crippen molar-refractivity contribution in [1.82, 2.24) is 35.6 Å². The van der Waals surface area contributed by atoms with Crippen molar-refractivity contribution in [2.75, 3.05) is 12.3 Å². The smallest absolute Gasteiger partial charge is 0.293 e. The summed E-state index contributed by atoms with van der Waals surface area (Å²) in [5.41, 5.74) is 9.65. The van der Waals surface area contributed by atoms with Crippen LogP contribution in [-0.4, -0.2) is 59.3 Å². The van der Waals surface area contributed by atoms with Gasteiger partial charge in [0, 0.05) is 30.3 Å². The van der Waals surface area contributed by atoms with Gasteiger partial charge in [0.05, 0.1) is 16.3 Å². The van der Waals surface area contributed by atoms with E-state index in [2.05, 4.69) is 43.0 Å². The Morgan fingerprint density at radius 3 is 2.91 bits per heavy atom. The second-order valence-corrected chi connectivity index (χ2v) is 8.03. The fourth-order valence-electron chi connectivity index (χ4n) is 3.81. The first-order valence-electron chi connectivity index (χ1n) is 10.7. The second kappa shape index (κ2) is 9.74. The third kappa shape index (κ3) is 4.76. The van der Waals surface area contributed by atoms with E-state index in [9.17, 15) is 14.9 Å². The lowest BCUT2D eigenvalue weighted by Crippen LogP contribution is -2.38. The van der Waals surface area contributed by atoms with Gasteiger partial charge in [-0.05, 0) is 43.5 Å². The number of likely N-dealkylation sites (tertiary alicyclic amines) is 1. The second-order valence-electron chi connectivity index (χ2n) is 8.03. The van der Waals surface area contributed by atoms with Crippen molar-refractivity contribution in [3.8, 4) is 5.82 Å². The van der Waals surface area contributed by atoms with E-state index >= 15 is 0 Å². The number of nitrogens with zero attached hydrogens (tertiary/aromatic N) is 8. The van der Waals surface area contributed by atoms with Crippen molar-refractivity contribution in [2.24, 2.45) is 5.10 Å². The third-order valence-electron chi connectivity index (χ3n) is 5.77. The highest BCUT2D eigenvalue weighted by Gasteiger charge is 2.28. The van der Waals surface area contributed by atoms with Gasteiger partial charge in [0.25, 0.3) is 11.6 Å². The molecule has 0 unspecified atom stereocenters. The lowest BCUT2D eigenvalue weighted by atomic mass is 10.0. The van der Waals surface area contributed by atoms with Crippen LogP contribution in [0.2, 0.25) is 0 Å². The molecule has 3 N–H and O–H groups in total. The molecule has 1 atom stereocenters. The molecule has 0 bridgehead atoms. The Kier molecular flexibility index (Phi) is 6.58. The highest BCUT2D eigenvalue weighted by atomic mass is 16.6. The Hall–Kier alpha value is -4.20. The summed E-state index contributed by atoms with van der Waals surface area (Å²) >= 11 is 0. The topological polar surface area (TPSA) is 183 Å². The number of nitro groups is 1. The molecule has 178 valence electrons. The number of amides is 1. The molecule has 1 aliphatic heterocycles. The lowest BCUT2D eigenvalue weighted by molar-refractivity contribution is -0.384. The van der Waals surface area contributed by atoms with Gasteiger partial charge in [-0.1, -0.05) is 23.8 Å². The van der Waals surface area contributed by atoms with Gasteiger partial charge in [-0.2, -0.15) is 9.78 Å². The minimum absolute atomic E-state index is 0.0179. The number of aromatic nitrogens is 5. The quantitative estimate of drug-likeness (QED) is 0.294. The Bertz CT molecular complexity index is 1230. The van der Waals surface area contributed by atoms with E-state index in [4.69, 9.17) is 10.4 Å². The molecule has 0 spiro atoms. The molecular formula is C20H24N10O4. The largest absolute Gasteiger partial charge is 0.378 e. The van der Waals surface area contributed by atoms with Crippen LogP contribution >= 0.6 is 0 Å². The van der Waals surface area contributed by atoms with Gasteiger partial charge in [0.1, 0.15) is 0 Å². The fraction of sp³-hybridized carbons (Fsp3) is 0.400. The summed E-state index contributed by atoms with van der Waals surface area (Å²) in [4.78, 5) is 25.8. The van der Waals surface area contributed by atoms with Crippen molar-refractivity contribution >= 4 is 23.1 Å². The fourth-order valence-corrected chi connectivity index (χ4v) is 3.81. The van der Waals surface area contributed by atoms with Crippen LogP contribution < -0.4 is 11.2 Å². The summed E-state index contributed by atoms with van der Waals surface area (Å²) in [7, 11) is 0. The summed E-state index contributed by atoms with van der Waals surface area (Å²) in [6, 6.07) is 6.29. The Morgan fingerprint density at radius 2 is 2.21 bits per heavy atom. The van der Waals surface area contributed by atoms with Gasteiger partial charge in [-0.3, -0.25) is 19.8 Å². The van der Waals surface area contributed by atoms with E-state index in [1.165, 1.54) is 16.8 Å². The zero-order valence-corrected chi connectivity index (χ0v) is 18.7. The first kappa shape index (κ1) is 23.0. The number of carbonyl (C=O) groups is 1. The van der Waals surface area contributed by atoms with E-state index in [1.807, 2.05) is 0 Å². The number of hydrazone groups is 1. The van der Waals surface area contributed by atoms with E-state index in [1.54, 1.807) is 19.1 Å². The van der Waals surface area contributed by atoms with Crippen LogP contribution in [0.3, 0.4) is 0 Å². The number of carbonyl (C=O) groups excluding carboxylic acids is 1. The highest BCUT2D eigenvalue weighted by molar-refractivity contribution is 6.01. The molecule has 3 aromatic rings. The predicted octanol–water partition coefficient (Wildman–Crippen LogP) is 1.67. The molecule has 0 saturated carbocycles. The van der Waals surface area contributed by atoms with Crippen LogP contribution in [0.4, 0.5) is 11.5 Å². The maximum absolute atomic E-state index is 13.0. The number of rotatable bonds is 7. The normalized spacial score (nSPS) is 17.0. The summed E-state index contributed by atoms with van der Waals surface area (Å²) in [5.74, 6) is -0.433. The molecule has 1 aliphatic rings. The molecule has 0 radical (unpaired) electrons. The number of hydrogen-bond acceptors (Lipinski definition) is 11. The Balaban J connectivity index is 1.61. The number of non-ortho nitro benzene ring substituents is 1. The molecule has 4 rings (SSSR count). The summed E-state index contributed by atoms with van der Waals surface area (Å²) in [5, 5.41) is 30.6. The number of nitrogens with one attached hydrogen (secondary N) is 1. The number of hydrogen-bond donors (Lipinski definition) is 2. The average molecular weight is 468 g/mol. The van der Waals surface area contributed by atoms with Gasteiger partial charge in [0.15, 0.2) is 5.69 Å². The number of nitrogen functional groups attached to an aromatic ring is 1. The monoisotopic (exact) mass is 468 g/mol. The van der Waals surface area contributed by atoms with Crippen molar-refractivity contribution in [1.29, 1.82) is 0 Å². The molecule has 1 aromatic carbocycles. The molecule has 34 heavy (non-hydrogen) atoms. The number of nitro benzene ring substituents is 1. The van der Waals surface area contributed by atoms with Gasteiger partial charge >= 0.3 is 0 Å². The van der Waals surface area contributed by atoms with Crippen LogP contribution in [0, 0.1) is 10.1 Å². The summed E-state index contributed by atoms with van der Waals surface area (Å²) in [6.45, 7) is 5.01. The van der Waals surface area contributed by atoms with Gasteiger partial charge in [-0.15, -0.1) is 5.10 Å². The molecule has 14 heteroatoms. The number of anilines is 1. The SMILES string of the molecule is C/C(=N\NC(=O)c1nnn(-c2nonc2N)c1CN1CCCC[C@@H]1C)c1cccc([N+](=O)[O-])c1. The summed E-state index contributed by atoms with van der Waals surface area (Å²) < 4.78 is 6.04. The predicted molar refractivity (Wildman–Crippen MR) is 120 cm³/mol. The number of benzene rings is 1. The average Bonchev–Trinajstić information content (AvgIpc) is 3.44. The molecule has 0 aliphatic carbocycles. The minimum Gasteiger partial charge on any atom is -0.378 e. The maximum atomic E-state index is 13.0. The van der Waals surface area contributed by atoms with E-state index < -0.39 is 10.8 Å². The molecule has 1 saturated heterocycles. The Morgan fingerprint density at radius 1 is 1.38 bits per heavy atom. The van der Waals surface area contributed by atoms with E-state index in [0.29, 0.717) is 29.6 Å². The van der Waals surface area contributed by atoms with Crippen LogP contribution in [-0.2, 0) is 6.54 Å². The van der Waals surface area contributed by atoms with Crippen molar-refractivity contribution in [3.63, 3.8) is 0 Å². The lowest BCUT2D eigenvalue weighted by Gasteiger charge is -2.33. The van der Waals surface area contributed by atoms with Crippen LogP contribution in [0.5, 0.6) is 0 Å². The maximum Gasteiger partial charge on any atom is 0.293 e. The first-order valence-corrected chi connectivity index (χ1v) is 10.7. The van der Waals surface area contributed by atoms with Crippen LogP contribution in [0.25, 0.3) is 5.82 Å². The zero-order chi connectivity index (χ0) is 24.2. The van der Waals surface area contributed by atoms with Crippen LogP contribution in [0.15, 0.2) is 34.0 Å². The molecule has 2 aromatic heterocycles. The molecule has 1 fully saturated rings. The highest BCUT2D eigenvalue weighted by Crippen LogP contribution is 2.23. The zero-order valence-electron chi connectivity index (χ0n) is 18.7. The van der Waals surface area contributed by atoms with Gasteiger partial charge in [0.2, 0.25) is 11.6 Å². The minimum atomic E-state index is -0.592. The van der Waals surface area contributed by atoms with Gasteiger partial charge < -0.3 is 5.73 Å². The third-order valence-corrected chi connectivity index (χ3v) is 5.77. The molecular weight excluding hydrogens is 444 g/mol. The van der Waals surface area contributed by atoms with Crippen molar-refractivity contribution < 1.29 is 14.3 Å². The van der Waals surface area contributed by atoms with Crippen LogP contribution in [0.1, 0.15) is 54.9 Å². The molecule has 3 heterocycles. The standard InChI is InChI=1S/C20H24N10O4/c1-12-6-3-4-9-28(12)11-16-17(23-27-29(16)19-18(21)25-34-26-19)20(31)24-22-13(2)14-7-5-8-15(10-14)30(32)33/h5,7-8,10,12H,3-4,6,9,11H2,1-2H3,(H2,21,25)(H,24,31)/b22-13+/t12-/m0/s1. The first-order chi connectivity index (χ1) is 16.3. The molecule has 1 amide bonds. The molecule has 14 nitrogen and oxygen atoms in total. The number of nitrogens with two attached hydrogens (primary N) is 1. The Labute approximate surface area is 193 Å². The van der Waals surface area contributed by atoms with Crippen molar-refractivity contribution in [3.05, 3.63) is 51.3 Å². The van der Waals surface area contributed by atoms with E-state index in [-0.39, 0.29) is 23.0 Å². The number of piperidine rings is 1. The summed E-state index contributed by atoms with van der Waals surface area (Å²) in [6.07, 6.45) is 3.24.